The second kappa shape index (κ2) is 8.23. The van der Waals surface area contributed by atoms with Crippen molar-refractivity contribution in [1.29, 1.82) is 0 Å². The second-order valence-electron chi connectivity index (χ2n) is 7.53. The fraction of sp³-hybridized carbons (Fsp3) is 0.217. The Balaban J connectivity index is 1.90. The molecule has 0 saturated heterocycles. The van der Waals surface area contributed by atoms with Crippen molar-refractivity contribution < 1.29 is 14.4 Å². The first kappa shape index (κ1) is 19.6. The molecule has 5 nitrogen and oxygen atoms in total. The summed E-state index contributed by atoms with van der Waals surface area (Å²) in [7, 11) is 0. The number of hydroxylamine groups is 1. The van der Waals surface area contributed by atoms with Crippen LogP contribution < -0.4 is 9.96 Å². The quantitative estimate of drug-likeness (QED) is 0.444. The molecule has 0 unspecified atom stereocenters. The topological polar surface area (TPSA) is 49.9 Å². The third-order valence-corrected chi connectivity index (χ3v) is 4.23. The van der Waals surface area contributed by atoms with E-state index in [4.69, 9.17) is 4.84 Å². The van der Waals surface area contributed by atoms with Crippen LogP contribution in [0.2, 0.25) is 0 Å². The molecule has 0 fully saturated rings. The molecule has 0 atom stereocenters. The molecule has 0 aliphatic carbocycles. The van der Waals surface area contributed by atoms with Gasteiger partial charge in [-0.25, -0.2) is 0 Å². The highest BCUT2D eigenvalue weighted by molar-refractivity contribution is 5.87. The number of fused-ring (bicyclic) bond motifs is 1. The highest BCUT2D eigenvalue weighted by Crippen LogP contribution is 2.26. The van der Waals surface area contributed by atoms with Crippen molar-refractivity contribution in [1.82, 2.24) is 0 Å². The zero-order valence-electron chi connectivity index (χ0n) is 16.3. The van der Waals surface area contributed by atoms with E-state index < -0.39 is 5.60 Å². The van der Waals surface area contributed by atoms with Gasteiger partial charge < -0.3 is 4.90 Å². The van der Waals surface area contributed by atoms with E-state index in [2.05, 4.69) is 18.2 Å². The molecule has 144 valence electrons. The summed E-state index contributed by atoms with van der Waals surface area (Å²) < 4.78 is 0. The summed E-state index contributed by atoms with van der Waals surface area (Å²) in [4.78, 5) is 30.6. The van der Waals surface area contributed by atoms with Crippen molar-refractivity contribution in [3.8, 4) is 0 Å². The number of hydrogen-bond acceptors (Lipinski definition) is 3. The Labute approximate surface area is 165 Å². The molecular weight excluding hydrogens is 352 g/mol. The summed E-state index contributed by atoms with van der Waals surface area (Å²) in [6.45, 7) is 6.03. The molecule has 0 saturated carbocycles. The lowest BCUT2D eigenvalue weighted by atomic mass is 10.0. The Morgan fingerprint density at radius 2 is 1.54 bits per heavy atom. The third kappa shape index (κ3) is 4.56. The Hall–Kier alpha value is -3.18. The number of carbonyl (C=O) groups excluding carboxylic acids is 2. The highest BCUT2D eigenvalue weighted by Gasteiger charge is 2.18. The minimum atomic E-state index is -0.524. The Bertz CT molecular complexity index is 973. The van der Waals surface area contributed by atoms with E-state index in [1.165, 1.54) is 5.06 Å². The first-order valence-electron chi connectivity index (χ1n) is 9.13. The predicted molar refractivity (Wildman–Crippen MR) is 112 cm³/mol. The van der Waals surface area contributed by atoms with Gasteiger partial charge in [0.1, 0.15) is 0 Å². The highest BCUT2D eigenvalue weighted by atomic mass is 16.7. The lowest BCUT2D eigenvalue weighted by Crippen LogP contribution is -2.33. The normalized spacial score (nSPS) is 11.2. The predicted octanol–water partition coefficient (Wildman–Crippen LogP) is 4.70. The van der Waals surface area contributed by atoms with Gasteiger partial charge in [-0.2, -0.15) is 5.06 Å². The zero-order chi connectivity index (χ0) is 20.1. The minimum absolute atomic E-state index is 0.426. The molecule has 0 bridgehead atoms. The van der Waals surface area contributed by atoms with Crippen molar-refractivity contribution >= 4 is 35.0 Å². The van der Waals surface area contributed by atoms with Gasteiger partial charge in [0.2, 0.25) is 12.8 Å². The molecule has 3 aromatic carbocycles. The molecular formula is C23H24N2O3. The average Bonchev–Trinajstić information content (AvgIpc) is 2.69. The van der Waals surface area contributed by atoms with Crippen molar-refractivity contribution in [2.45, 2.75) is 32.9 Å². The van der Waals surface area contributed by atoms with Gasteiger partial charge in [0.05, 0.1) is 17.8 Å². The van der Waals surface area contributed by atoms with Gasteiger partial charge in [-0.05, 0) is 55.3 Å². The van der Waals surface area contributed by atoms with Gasteiger partial charge in [-0.1, -0.05) is 48.5 Å². The van der Waals surface area contributed by atoms with Gasteiger partial charge in [-0.15, -0.1) is 0 Å². The lowest BCUT2D eigenvalue weighted by molar-refractivity contribution is -0.120. The van der Waals surface area contributed by atoms with E-state index >= 15 is 0 Å². The smallest absolute Gasteiger partial charge is 0.238 e. The molecule has 28 heavy (non-hydrogen) atoms. The van der Waals surface area contributed by atoms with Gasteiger partial charge >= 0.3 is 0 Å². The molecule has 0 radical (unpaired) electrons. The summed E-state index contributed by atoms with van der Waals surface area (Å²) in [6, 6.07) is 21.3. The molecule has 0 spiro atoms. The monoisotopic (exact) mass is 376 g/mol. The van der Waals surface area contributed by atoms with Crippen LogP contribution in [-0.2, 0) is 21.0 Å². The molecule has 2 amide bonds. The summed E-state index contributed by atoms with van der Waals surface area (Å²) in [5.41, 5.74) is 1.77. The fourth-order valence-electron chi connectivity index (χ4n) is 3.04. The van der Waals surface area contributed by atoms with Gasteiger partial charge in [-0.3, -0.25) is 14.4 Å². The van der Waals surface area contributed by atoms with Crippen molar-refractivity contribution in [2.24, 2.45) is 0 Å². The zero-order valence-corrected chi connectivity index (χ0v) is 16.3. The van der Waals surface area contributed by atoms with Crippen LogP contribution in [0, 0.1) is 0 Å². The Morgan fingerprint density at radius 3 is 2.25 bits per heavy atom. The maximum absolute atomic E-state index is 11.8. The fourth-order valence-corrected chi connectivity index (χ4v) is 3.04. The van der Waals surface area contributed by atoms with Crippen molar-refractivity contribution in [3.05, 3.63) is 72.3 Å². The number of carbonyl (C=O) groups is 2. The lowest BCUT2D eigenvalue weighted by Gasteiger charge is -2.27. The molecule has 0 aliphatic rings. The van der Waals surface area contributed by atoms with Crippen molar-refractivity contribution in [2.75, 3.05) is 9.96 Å². The second-order valence-corrected chi connectivity index (χ2v) is 7.53. The molecule has 0 aromatic heterocycles. The molecule has 0 N–H and O–H groups in total. The maximum Gasteiger partial charge on any atom is 0.238 e. The summed E-state index contributed by atoms with van der Waals surface area (Å²) in [6.07, 6.45) is 1.43. The van der Waals surface area contributed by atoms with Gasteiger partial charge in [0.25, 0.3) is 0 Å². The molecule has 3 aromatic rings. The van der Waals surface area contributed by atoms with E-state index in [0.29, 0.717) is 24.3 Å². The van der Waals surface area contributed by atoms with Crippen LogP contribution in [0.5, 0.6) is 0 Å². The van der Waals surface area contributed by atoms with E-state index in [9.17, 15) is 9.59 Å². The van der Waals surface area contributed by atoms with Crippen molar-refractivity contribution in [3.63, 3.8) is 0 Å². The standard InChI is InChI=1S/C23H24N2O3/c1-23(2,3)28-25(17-27)21-12-7-11-20(14-21)24(16-26)15-19-10-6-9-18-8-4-5-13-22(18)19/h4-14,16-17H,15H2,1-3H3. The van der Waals surface area contributed by atoms with Crippen LogP contribution in [0.15, 0.2) is 66.7 Å². The molecule has 3 rings (SSSR count). The molecule has 0 heterocycles. The number of amides is 2. The number of nitrogens with zero attached hydrogens (tertiary/aromatic N) is 2. The van der Waals surface area contributed by atoms with Crippen LogP contribution in [-0.4, -0.2) is 18.4 Å². The maximum atomic E-state index is 11.8. The van der Waals surface area contributed by atoms with E-state index in [1.807, 2.05) is 51.1 Å². The van der Waals surface area contributed by atoms with Crippen LogP contribution in [0.4, 0.5) is 11.4 Å². The SMILES string of the molecule is CC(C)(C)ON(C=O)c1cccc(N(C=O)Cc2cccc3ccccc23)c1. The average molecular weight is 376 g/mol. The number of hydrogen-bond donors (Lipinski definition) is 0. The number of benzene rings is 3. The summed E-state index contributed by atoms with van der Waals surface area (Å²) in [5.74, 6) is 0. The number of rotatable bonds is 7. The summed E-state index contributed by atoms with van der Waals surface area (Å²) in [5, 5.41) is 3.42. The third-order valence-electron chi connectivity index (χ3n) is 4.23. The van der Waals surface area contributed by atoms with Crippen LogP contribution in [0.25, 0.3) is 10.8 Å². The Kier molecular flexibility index (Phi) is 5.76. The van der Waals surface area contributed by atoms with Crippen LogP contribution in [0.1, 0.15) is 26.3 Å². The number of anilines is 2. The first-order chi connectivity index (χ1) is 13.4. The first-order valence-corrected chi connectivity index (χ1v) is 9.13. The summed E-state index contributed by atoms with van der Waals surface area (Å²) >= 11 is 0. The van der Waals surface area contributed by atoms with Crippen LogP contribution >= 0.6 is 0 Å². The van der Waals surface area contributed by atoms with E-state index in [1.54, 1.807) is 23.1 Å². The Morgan fingerprint density at radius 1 is 0.857 bits per heavy atom. The minimum Gasteiger partial charge on any atom is -0.310 e. The van der Waals surface area contributed by atoms with E-state index in [-0.39, 0.29) is 0 Å². The van der Waals surface area contributed by atoms with Gasteiger partial charge in [0.15, 0.2) is 0 Å². The van der Waals surface area contributed by atoms with Crippen LogP contribution in [0.3, 0.4) is 0 Å². The largest absolute Gasteiger partial charge is 0.310 e. The van der Waals surface area contributed by atoms with Gasteiger partial charge in [0, 0.05) is 5.69 Å². The molecule has 0 aliphatic heterocycles. The van der Waals surface area contributed by atoms with E-state index in [0.717, 1.165) is 22.7 Å². The molecule has 5 heteroatoms.